The van der Waals surface area contributed by atoms with Crippen LogP contribution in [0.25, 0.3) is 0 Å². The second-order valence-electron chi connectivity index (χ2n) is 9.58. The molecule has 2 fully saturated rings. The van der Waals surface area contributed by atoms with Gasteiger partial charge in [0, 0.05) is 43.6 Å². The van der Waals surface area contributed by atoms with E-state index in [0.29, 0.717) is 43.2 Å². The minimum absolute atomic E-state index is 0.0155. The van der Waals surface area contributed by atoms with Gasteiger partial charge in [-0.2, -0.15) is 0 Å². The molecule has 0 aromatic heterocycles. The molecule has 0 atom stereocenters. The van der Waals surface area contributed by atoms with E-state index in [1.54, 1.807) is 18.2 Å². The predicted molar refractivity (Wildman–Crippen MR) is 127 cm³/mol. The Morgan fingerprint density at radius 2 is 1.59 bits per heavy atom. The molecule has 0 N–H and O–H groups in total. The normalized spacial score (nSPS) is 19.1. The maximum absolute atomic E-state index is 13.2. The monoisotopic (exact) mass is 464 g/mol. The molecule has 0 saturated carbocycles. The van der Waals surface area contributed by atoms with E-state index in [-0.39, 0.29) is 24.0 Å². The lowest BCUT2D eigenvalue weighted by Crippen LogP contribution is -2.48. The van der Waals surface area contributed by atoms with Crippen molar-refractivity contribution >= 4 is 11.8 Å². The number of likely N-dealkylation sites (tertiary alicyclic amines) is 2. The van der Waals surface area contributed by atoms with Gasteiger partial charge in [0.2, 0.25) is 12.7 Å². The SMILES string of the molecule is O=C(CC1(COc2ccccc2)CCN(C(=O)c2ccc3c(c2)OCO3)CC1)N1CCCCC1. The van der Waals surface area contributed by atoms with E-state index in [9.17, 15) is 9.59 Å². The standard InChI is InChI=1S/C27H32N2O5/c30-25(28-13-5-2-6-14-28)18-27(19-32-22-7-3-1-4-8-22)11-15-29(16-12-27)26(31)21-9-10-23-24(17-21)34-20-33-23/h1,3-4,7-10,17H,2,5-6,11-16,18-20H2. The number of rotatable bonds is 6. The molecule has 2 aromatic rings. The van der Waals surface area contributed by atoms with E-state index in [1.165, 1.54) is 6.42 Å². The maximum atomic E-state index is 13.2. The van der Waals surface area contributed by atoms with Crippen LogP contribution in [-0.2, 0) is 4.79 Å². The van der Waals surface area contributed by atoms with Crippen molar-refractivity contribution < 1.29 is 23.8 Å². The highest BCUT2D eigenvalue weighted by atomic mass is 16.7. The first-order valence-electron chi connectivity index (χ1n) is 12.3. The summed E-state index contributed by atoms with van der Waals surface area (Å²) in [6.45, 7) is 3.55. The van der Waals surface area contributed by atoms with Crippen LogP contribution in [0.5, 0.6) is 17.2 Å². The van der Waals surface area contributed by atoms with Gasteiger partial charge in [0.25, 0.3) is 5.91 Å². The minimum atomic E-state index is -0.282. The van der Waals surface area contributed by atoms with Crippen molar-refractivity contribution in [1.82, 2.24) is 9.80 Å². The number of amides is 2. The molecule has 2 amide bonds. The first-order chi connectivity index (χ1) is 16.6. The van der Waals surface area contributed by atoms with Gasteiger partial charge >= 0.3 is 0 Å². The molecule has 3 aliphatic rings. The number of hydrogen-bond acceptors (Lipinski definition) is 5. The molecule has 0 spiro atoms. The fourth-order valence-corrected chi connectivity index (χ4v) is 5.10. The van der Waals surface area contributed by atoms with Crippen molar-refractivity contribution in [3.8, 4) is 17.2 Å². The first-order valence-corrected chi connectivity index (χ1v) is 12.3. The van der Waals surface area contributed by atoms with Gasteiger partial charge in [-0.05, 0) is 62.4 Å². The van der Waals surface area contributed by atoms with Crippen LogP contribution < -0.4 is 14.2 Å². The lowest BCUT2D eigenvalue weighted by molar-refractivity contribution is -0.136. The molecule has 7 nitrogen and oxygen atoms in total. The molecule has 180 valence electrons. The molecule has 5 rings (SSSR count). The number of piperidine rings is 2. The number of carbonyl (C=O) groups is 2. The number of carbonyl (C=O) groups excluding carboxylic acids is 2. The van der Waals surface area contributed by atoms with Gasteiger partial charge in [-0.1, -0.05) is 18.2 Å². The Morgan fingerprint density at radius 1 is 0.853 bits per heavy atom. The van der Waals surface area contributed by atoms with Gasteiger partial charge in [0.15, 0.2) is 11.5 Å². The average Bonchev–Trinajstić information content (AvgIpc) is 3.37. The third-order valence-electron chi connectivity index (χ3n) is 7.25. The molecule has 2 aromatic carbocycles. The third kappa shape index (κ3) is 4.98. The lowest BCUT2D eigenvalue weighted by Gasteiger charge is -2.42. The second kappa shape index (κ2) is 9.95. The highest BCUT2D eigenvalue weighted by Crippen LogP contribution is 2.38. The van der Waals surface area contributed by atoms with Crippen molar-refractivity contribution in [3.63, 3.8) is 0 Å². The molecule has 3 heterocycles. The van der Waals surface area contributed by atoms with Crippen molar-refractivity contribution in [2.75, 3.05) is 39.6 Å². The molecule has 0 unspecified atom stereocenters. The van der Waals surface area contributed by atoms with Crippen LogP contribution in [0.1, 0.15) is 48.9 Å². The number of nitrogens with zero attached hydrogens (tertiary/aromatic N) is 2. The molecule has 3 aliphatic heterocycles. The summed E-state index contributed by atoms with van der Waals surface area (Å²) in [6.07, 6.45) is 5.29. The van der Waals surface area contributed by atoms with Crippen molar-refractivity contribution in [1.29, 1.82) is 0 Å². The molecular weight excluding hydrogens is 432 g/mol. The number of ether oxygens (including phenoxy) is 3. The fourth-order valence-electron chi connectivity index (χ4n) is 5.10. The molecule has 0 bridgehead atoms. The van der Waals surface area contributed by atoms with Crippen LogP contribution in [0.2, 0.25) is 0 Å². The van der Waals surface area contributed by atoms with Crippen LogP contribution >= 0.6 is 0 Å². The zero-order valence-corrected chi connectivity index (χ0v) is 19.5. The molecule has 2 saturated heterocycles. The van der Waals surface area contributed by atoms with Crippen LogP contribution in [0.3, 0.4) is 0 Å². The summed E-state index contributed by atoms with van der Waals surface area (Å²) < 4.78 is 17.0. The lowest BCUT2D eigenvalue weighted by atomic mass is 9.75. The summed E-state index contributed by atoms with van der Waals surface area (Å²) in [4.78, 5) is 30.3. The highest BCUT2D eigenvalue weighted by molar-refractivity contribution is 5.95. The van der Waals surface area contributed by atoms with E-state index >= 15 is 0 Å². The largest absolute Gasteiger partial charge is 0.493 e. The van der Waals surface area contributed by atoms with Gasteiger partial charge in [-0.3, -0.25) is 9.59 Å². The zero-order chi connectivity index (χ0) is 23.4. The zero-order valence-electron chi connectivity index (χ0n) is 19.5. The van der Waals surface area contributed by atoms with Gasteiger partial charge in [0.1, 0.15) is 5.75 Å². The Labute approximate surface area is 200 Å². The van der Waals surface area contributed by atoms with E-state index in [2.05, 4.69) is 0 Å². The Hall–Kier alpha value is -3.22. The maximum Gasteiger partial charge on any atom is 0.253 e. The number of fused-ring (bicyclic) bond motifs is 1. The summed E-state index contributed by atoms with van der Waals surface area (Å²) in [5, 5.41) is 0. The average molecular weight is 465 g/mol. The number of para-hydroxylation sites is 1. The summed E-state index contributed by atoms with van der Waals surface area (Å²) in [5.41, 5.74) is 0.317. The quantitative estimate of drug-likeness (QED) is 0.643. The van der Waals surface area contributed by atoms with Crippen LogP contribution in [0, 0.1) is 5.41 Å². The van der Waals surface area contributed by atoms with Crippen LogP contribution in [0.15, 0.2) is 48.5 Å². The summed E-state index contributed by atoms with van der Waals surface area (Å²) in [6, 6.07) is 15.1. The highest BCUT2D eigenvalue weighted by Gasteiger charge is 2.40. The third-order valence-corrected chi connectivity index (χ3v) is 7.25. The van der Waals surface area contributed by atoms with E-state index in [4.69, 9.17) is 14.2 Å². The van der Waals surface area contributed by atoms with E-state index in [0.717, 1.165) is 44.5 Å². The topological polar surface area (TPSA) is 68.3 Å². The Balaban J connectivity index is 1.27. The Morgan fingerprint density at radius 3 is 2.35 bits per heavy atom. The van der Waals surface area contributed by atoms with E-state index < -0.39 is 0 Å². The first kappa shape index (κ1) is 22.6. The number of benzene rings is 2. The van der Waals surface area contributed by atoms with Crippen molar-refractivity contribution in [2.45, 2.75) is 38.5 Å². The second-order valence-corrected chi connectivity index (χ2v) is 9.58. The Kier molecular flexibility index (Phi) is 6.61. The van der Waals surface area contributed by atoms with Gasteiger partial charge in [-0.25, -0.2) is 0 Å². The Bertz CT molecular complexity index is 1010. The minimum Gasteiger partial charge on any atom is -0.493 e. The van der Waals surface area contributed by atoms with Crippen molar-refractivity contribution in [3.05, 3.63) is 54.1 Å². The molecule has 7 heteroatoms. The predicted octanol–water partition coefficient (Wildman–Crippen LogP) is 4.12. The molecule has 0 radical (unpaired) electrons. The summed E-state index contributed by atoms with van der Waals surface area (Å²) in [5.74, 6) is 2.29. The number of hydrogen-bond donors (Lipinski definition) is 0. The van der Waals surface area contributed by atoms with Crippen LogP contribution in [-0.4, -0.2) is 61.2 Å². The molecule has 0 aliphatic carbocycles. The van der Waals surface area contributed by atoms with Crippen LogP contribution in [0.4, 0.5) is 0 Å². The summed E-state index contributed by atoms with van der Waals surface area (Å²) >= 11 is 0. The van der Waals surface area contributed by atoms with Crippen molar-refractivity contribution in [2.24, 2.45) is 5.41 Å². The summed E-state index contributed by atoms with van der Waals surface area (Å²) in [7, 11) is 0. The smallest absolute Gasteiger partial charge is 0.253 e. The van der Waals surface area contributed by atoms with Gasteiger partial charge < -0.3 is 24.0 Å². The molecule has 34 heavy (non-hydrogen) atoms. The van der Waals surface area contributed by atoms with E-state index in [1.807, 2.05) is 40.1 Å². The molecular formula is C27H32N2O5. The van der Waals surface area contributed by atoms with Gasteiger partial charge in [0.05, 0.1) is 6.61 Å². The fraction of sp³-hybridized carbons (Fsp3) is 0.481. The van der Waals surface area contributed by atoms with Gasteiger partial charge in [-0.15, -0.1) is 0 Å².